The van der Waals surface area contributed by atoms with Crippen LogP contribution < -0.4 is 0 Å². The maximum absolute atomic E-state index is 2.36. The Hall–Kier alpha value is 0. The van der Waals surface area contributed by atoms with Crippen LogP contribution in [0.15, 0.2) is 0 Å². The molecule has 0 spiro atoms. The molecule has 0 aliphatic rings. The average molecular weight is 128 g/mol. The predicted octanol–water partition coefficient (Wildman–Crippen LogP) is 3.47. The molecule has 0 bridgehead atoms. The molecule has 0 aromatic rings. The molecule has 0 aliphatic carbocycles. The van der Waals surface area contributed by atoms with Crippen molar-refractivity contribution in [2.45, 2.75) is 47.0 Å². The summed E-state index contributed by atoms with van der Waals surface area (Å²) in [4.78, 5) is 0. The van der Waals surface area contributed by atoms with E-state index in [0.29, 0.717) is 0 Å². The predicted molar refractivity (Wildman–Crippen MR) is 43.5 cm³/mol. The van der Waals surface area contributed by atoms with Gasteiger partial charge in [0.1, 0.15) is 0 Å². The maximum Gasteiger partial charge on any atom is -0.0417 e. The number of hydrogen-bond donors (Lipinski definition) is 0. The van der Waals surface area contributed by atoms with Crippen LogP contribution >= 0.6 is 0 Å². The number of rotatable bonds is 4. The van der Waals surface area contributed by atoms with Crippen LogP contribution in [0.1, 0.15) is 47.0 Å². The van der Waals surface area contributed by atoms with Gasteiger partial charge in [-0.1, -0.05) is 47.0 Å². The maximum atomic E-state index is 2.36. The Morgan fingerprint density at radius 3 is 1.89 bits per heavy atom. The van der Waals surface area contributed by atoms with E-state index in [9.17, 15) is 0 Å². The third-order valence-corrected chi connectivity index (χ3v) is 2.36. The largest absolute Gasteiger partial charge is 0.0654 e. The molecule has 0 heterocycles. The first kappa shape index (κ1) is 9.00. The molecule has 0 saturated heterocycles. The first-order chi connectivity index (χ1) is 4.22. The van der Waals surface area contributed by atoms with E-state index < -0.39 is 0 Å². The van der Waals surface area contributed by atoms with Crippen molar-refractivity contribution in [1.29, 1.82) is 0 Å². The normalized spacial score (nSPS) is 17.3. The van der Waals surface area contributed by atoms with Gasteiger partial charge < -0.3 is 0 Å². The third kappa shape index (κ3) is 3.56. The van der Waals surface area contributed by atoms with Crippen LogP contribution in [-0.2, 0) is 0 Å². The smallest absolute Gasteiger partial charge is 0.0417 e. The van der Waals surface area contributed by atoms with Crippen molar-refractivity contribution in [2.75, 3.05) is 0 Å². The van der Waals surface area contributed by atoms with Crippen molar-refractivity contribution in [1.82, 2.24) is 0 Å². The quantitative estimate of drug-likeness (QED) is 0.544. The summed E-state index contributed by atoms with van der Waals surface area (Å²) in [6, 6.07) is 0. The lowest BCUT2D eigenvalue weighted by Gasteiger charge is -2.16. The van der Waals surface area contributed by atoms with Crippen molar-refractivity contribution < 1.29 is 0 Å². The Morgan fingerprint density at radius 1 is 1.00 bits per heavy atom. The molecule has 0 radical (unpaired) electrons. The van der Waals surface area contributed by atoms with Crippen molar-refractivity contribution in [3.8, 4) is 0 Å². The highest BCUT2D eigenvalue weighted by Gasteiger charge is 2.07. The zero-order chi connectivity index (χ0) is 7.28. The molecular weight excluding hydrogens is 108 g/mol. The summed E-state index contributed by atoms with van der Waals surface area (Å²) in [7, 11) is 0. The van der Waals surface area contributed by atoms with E-state index in [2.05, 4.69) is 27.7 Å². The summed E-state index contributed by atoms with van der Waals surface area (Å²) in [5, 5.41) is 0. The Kier molecular flexibility index (Phi) is 4.84. The second kappa shape index (κ2) is 4.84. The van der Waals surface area contributed by atoms with Gasteiger partial charge in [0.2, 0.25) is 0 Å². The van der Waals surface area contributed by atoms with Crippen molar-refractivity contribution in [3.05, 3.63) is 0 Å². The van der Waals surface area contributed by atoms with Gasteiger partial charge in [-0.15, -0.1) is 0 Å². The fourth-order valence-electron chi connectivity index (χ4n) is 1.14. The van der Waals surface area contributed by atoms with Crippen molar-refractivity contribution in [2.24, 2.45) is 11.8 Å². The van der Waals surface area contributed by atoms with Gasteiger partial charge in [-0.2, -0.15) is 0 Å². The highest BCUT2D eigenvalue weighted by molar-refractivity contribution is 4.58. The summed E-state index contributed by atoms with van der Waals surface area (Å²) in [6.07, 6.45) is 4.07. The monoisotopic (exact) mass is 128 g/mol. The van der Waals surface area contributed by atoms with Gasteiger partial charge in [0.15, 0.2) is 0 Å². The van der Waals surface area contributed by atoms with E-state index in [1.165, 1.54) is 19.3 Å². The van der Waals surface area contributed by atoms with E-state index in [1.54, 1.807) is 0 Å². The molecule has 9 heavy (non-hydrogen) atoms. The Labute approximate surface area is 59.7 Å². The lowest BCUT2D eigenvalue weighted by molar-refractivity contribution is 0.352. The van der Waals surface area contributed by atoms with Crippen LogP contribution in [-0.4, -0.2) is 0 Å². The van der Waals surface area contributed by atoms with Crippen LogP contribution in [0, 0.1) is 11.8 Å². The van der Waals surface area contributed by atoms with Gasteiger partial charge in [-0.05, 0) is 11.8 Å². The van der Waals surface area contributed by atoms with Crippen LogP contribution in [0.25, 0.3) is 0 Å². The highest BCUT2D eigenvalue weighted by atomic mass is 14.1. The lowest BCUT2D eigenvalue weighted by Crippen LogP contribution is -2.05. The molecule has 0 rings (SSSR count). The molecular formula is C9H20. The Morgan fingerprint density at radius 2 is 1.56 bits per heavy atom. The third-order valence-electron chi connectivity index (χ3n) is 2.36. The van der Waals surface area contributed by atoms with Gasteiger partial charge in [-0.25, -0.2) is 0 Å². The molecule has 1 unspecified atom stereocenters. The van der Waals surface area contributed by atoms with E-state index in [-0.39, 0.29) is 0 Å². The molecule has 0 heteroatoms. The van der Waals surface area contributed by atoms with Gasteiger partial charge in [0, 0.05) is 0 Å². The standard InChI is InChI=1S/C9H20/c1-5-7-9(4)8(3)6-2/h8-9H,5-7H2,1-4H3/t8-,9?/m1/s1. The molecule has 0 aromatic heterocycles. The van der Waals surface area contributed by atoms with Gasteiger partial charge in [0.05, 0.1) is 0 Å². The average Bonchev–Trinajstić information content (AvgIpc) is 1.87. The lowest BCUT2D eigenvalue weighted by atomic mass is 9.90. The molecule has 0 saturated carbocycles. The summed E-state index contributed by atoms with van der Waals surface area (Å²) in [6.45, 7) is 9.24. The van der Waals surface area contributed by atoms with Gasteiger partial charge >= 0.3 is 0 Å². The minimum absolute atomic E-state index is 0.921. The molecule has 0 nitrogen and oxygen atoms in total. The first-order valence-electron chi connectivity index (χ1n) is 4.22. The van der Waals surface area contributed by atoms with Crippen molar-refractivity contribution in [3.63, 3.8) is 0 Å². The molecule has 0 aliphatic heterocycles. The second-order valence-electron chi connectivity index (χ2n) is 3.15. The summed E-state index contributed by atoms with van der Waals surface area (Å²) in [5.41, 5.74) is 0. The fourth-order valence-corrected chi connectivity index (χ4v) is 1.14. The van der Waals surface area contributed by atoms with Gasteiger partial charge in [-0.3, -0.25) is 0 Å². The molecule has 56 valence electrons. The van der Waals surface area contributed by atoms with Crippen LogP contribution in [0.3, 0.4) is 0 Å². The first-order valence-corrected chi connectivity index (χ1v) is 4.22. The highest BCUT2D eigenvalue weighted by Crippen LogP contribution is 2.18. The van der Waals surface area contributed by atoms with E-state index in [4.69, 9.17) is 0 Å². The van der Waals surface area contributed by atoms with E-state index >= 15 is 0 Å². The minimum atomic E-state index is 0.921. The fraction of sp³-hybridized carbons (Fsp3) is 1.00. The Balaban J connectivity index is 3.32. The number of hydrogen-bond acceptors (Lipinski definition) is 0. The van der Waals surface area contributed by atoms with E-state index in [0.717, 1.165) is 11.8 Å². The SMILES string of the molecule is CCCC(C)[C@H](C)CC. The second-order valence-corrected chi connectivity index (χ2v) is 3.15. The molecule has 0 amide bonds. The molecule has 2 atom stereocenters. The minimum Gasteiger partial charge on any atom is -0.0654 e. The van der Waals surface area contributed by atoms with Crippen molar-refractivity contribution >= 4 is 0 Å². The van der Waals surface area contributed by atoms with Crippen LogP contribution in [0.5, 0.6) is 0 Å². The van der Waals surface area contributed by atoms with Crippen LogP contribution in [0.4, 0.5) is 0 Å². The molecule has 0 aromatic carbocycles. The molecule has 0 fully saturated rings. The van der Waals surface area contributed by atoms with E-state index in [1.807, 2.05) is 0 Å². The zero-order valence-corrected chi connectivity index (χ0v) is 7.28. The van der Waals surface area contributed by atoms with Crippen LogP contribution in [0.2, 0.25) is 0 Å². The summed E-state index contributed by atoms with van der Waals surface area (Å²) < 4.78 is 0. The topological polar surface area (TPSA) is 0 Å². The zero-order valence-electron chi connectivity index (χ0n) is 7.28. The summed E-state index contributed by atoms with van der Waals surface area (Å²) >= 11 is 0. The molecule has 0 N–H and O–H groups in total. The van der Waals surface area contributed by atoms with Gasteiger partial charge in [0.25, 0.3) is 0 Å². The Bertz CT molecular complexity index is 57.1. The summed E-state index contributed by atoms with van der Waals surface area (Å²) in [5.74, 6) is 1.85.